The quantitative estimate of drug-likeness (QED) is 0.643. The van der Waals surface area contributed by atoms with Crippen LogP contribution in [0.2, 0.25) is 0 Å². The van der Waals surface area contributed by atoms with Gasteiger partial charge in [0.1, 0.15) is 5.60 Å². The van der Waals surface area contributed by atoms with Gasteiger partial charge in [-0.05, 0) is 27.2 Å². The molecule has 78 valence electrons. The van der Waals surface area contributed by atoms with E-state index in [4.69, 9.17) is 4.74 Å². The predicted molar refractivity (Wildman–Crippen MR) is 62.3 cm³/mol. The van der Waals surface area contributed by atoms with Crippen molar-refractivity contribution in [1.82, 2.24) is 5.32 Å². The van der Waals surface area contributed by atoms with Gasteiger partial charge in [-0.3, -0.25) is 0 Å². The first kappa shape index (κ1) is 13.0. The molecule has 0 saturated carbocycles. The fraction of sp³-hybridized carbons (Fsp3) is 0.889. The van der Waals surface area contributed by atoms with E-state index in [1.54, 1.807) is 0 Å². The van der Waals surface area contributed by atoms with Gasteiger partial charge < -0.3 is 10.1 Å². The molecule has 4 heteroatoms. The van der Waals surface area contributed by atoms with Crippen LogP contribution >= 0.6 is 22.6 Å². The van der Waals surface area contributed by atoms with Gasteiger partial charge in [-0.15, -0.1) is 0 Å². The van der Waals surface area contributed by atoms with E-state index in [0.717, 1.165) is 10.8 Å². The summed E-state index contributed by atoms with van der Waals surface area (Å²) in [6, 6.07) is 0.218. The summed E-state index contributed by atoms with van der Waals surface area (Å²) in [6.07, 6.45) is 0.610. The van der Waals surface area contributed by atoms with Crippen LogP contribution in [0, 0.1) is 0 Å². The van der Waals surface area contributed by atoms with Crippen molar-refractivity contribution in [3.8, 4) is 0 Å². The summed E-state index contributed by atoms with van der Waals surface area (Å²) in [4.78, 5) is 11.3. The number of alkyl carbamates (subject to hydrolysis) is 1. The number of rotatable bonds is 3. The van der Waals surface area contributed by atoms with Crippen molar-refractivity contribution in [3.63, 3.8) is 0 Å². The number of hydrogen-bond donors (Lipinski definition) is 1. The Kier molecular flexibility index (Phi) is 5.67. The summed E-state index contributed by atoms with van der Waals surface area (Å²) in [6.45, 7) is 7.62. The lowest BCUT2D eigenvalue weighted by molar-refractivity contribution is 0.0509. The second kappa shape index (κ2) is 5.67. The highest BCUT2D eigenvalue weighted by Gasteiger charge is 2.17. The van der Waals surface area contributed by atoms with Gasteiger partial charge in [-0.1, -0.05) is 29.5 Å². The molecule has 1 unspecified atom stereocenters. The van der Waals surface area contributed by atoms with E-state index >= 15 is 0 Å². The summed E-state index contributed by atoms with van der Waals surface area (Å²) in [7, 11) is 0. The van der Waals surface area contributed by atoms with E-state index in [-0.39, 0.29) is 12.1 Å². The van der Waals surface area contributed by atoms with Gasteiger partial charge in [0.25, 0.3) is 0 Å². The molecule has 0 aromatic rings. The molecule has 13 heavy (non-hydrogen) atoms. The van der Waals surface area contributed by atoms with Gasteiger partial charge in [0.15, 0.2) is 0 Å². The zero-order chi connectivity index (χ0) is 10.5. The zero-order valence-electron chi connectivity index (χ0n) is 8.69. The van der Waals surface area contributed by atoms with Crippen molar-refractivity contribution in [1.29, 1.82) is 0 Å². The Morgan fingerprint density at radius 1 is 1.54 bits per heavy atom. The molecular formula is C9H18INO2. The molecule has 0 spiro atoms. The zero-order valence-corrected chi connectivity index (χ0v) is 10.8. The normalized spacial score (nSPS) is 13.6. The fourth-order valence-electron chi connectivity index (χ4n) is 0.724. The maximum atomic E-state index is 11.3. The van der Waals surface area contributed by atoms with E-state index in [9.17, 15) is 4.79 Å². The first-order chi connectivity index (χ1) is 5.89. The first-order valence-corrected chi connectivity index (χ1v) is 5.97. The summed E-state index contributed by atoms with van der Waals surface area (Å²) in [5, 5.41) is 2.80. The molecule has 0 aromatic carbocycles. The number of hydrogen-bond acceptors (Lipinski definition) is 2. The summed E-state index contributed by atoms with van der Waals surface area (Å²) in [5.41, 5.74) is -0.409. The second-order valence-electron chi connectivity index (χ2n) is 3.91. The molecule has 1 amide bonds. The maximum absolute atomic E-state index is 11.3. The maximum Gasteiger partial charge on any atom is 0.407 e. The number of amides is 1. The standard InChI is InChI=1S/C9H18INO2/c1-5-7(6-10)11-8(12)13-9(2,3)4/h7H,5-6H2,1-4H3,(H,11,12). The molecule has 0 fully saturated rings. The average molecular weight is 299 g/mol. The van der Waals surface area contributed by atoms with Crippen LogP contribution in [0.25, 0.3) is 0 Å². The number of halogens is 1. The highest BCUT2D eigenvalue weighted by Crippen LogP contribution is 2.07. The molecule has 0 heterocycles. The topological polar surface area (TPSA) is 38.3 Å². The van der Waals surface area contributed by atoms with E-state index in [1.807, 2.05) is 27.7 Å². The Bertz CT molecular complexity index is 161. The summed E-state index contributed by atoms with van der Waals surface area (Å²) in [5.74, 6) is 0. The van der Waals surface area contributed by atoms with Crippen molar-refractivity contribution in [2.45, 2.75) is 45.8 Å². The van der Waals surface area contributed by atoms with Crippen LogP contribution < -0.4 is 5.32 Å². The van der Waals surface area contributed by atoms with Crippen LogP contribution in [0.4, 0.5) is 4.79 Å². The molecule has 0 aliphatic heterocycles. The van der Waals surface area contributed by atoms with Gasteiger partial charge in [0, 0.05) is 10.5 Å². The molecule has 3 nitrogen and oxygen atoms in total. The van der Waals surface area contributed by atoms with Gasteiger partial charge >= 0.3 is 6.09 Å². The number of nitrogens with one attached hydrogen (secondary N) is 1. The van der Waals surface area contributed by atoms with Crippen molar-refractivity contribution in [2.24, 2.45) is 0 Å². The molecule has 0 saturated heterocycles. The van der Waals surface area contributed by atoms with Crippen molar-refractivity contribution in [3.05, 3.63) is 0 Å². The number of carbonyl (C=O) groups excluding carboxylic acids is 1. The van der Waals surface area contributed by atoms with Crippen molar-refractivity contribution in [2.75, 3.05) is 4.43 Å². The Balaban J connectivity index is 3.86. The molecule has 0 aliphatic rings. The smallest absolute Gasteiger partial charge is 0.407 e. The summed E-state index contributed by atoms with van der Waals surface area (Å²) < 4.78 is 6.03. The Labute approximate surface area is 93.7 Å². The van der Waals surface area contributed by atoms with Gasteiger partial charge in [-0.25, -0.2) is 4.79 Å². The van der Waals surface area contributed by atoms with E-state index in [1.165, 1.54) is 0 Å². The van der Waals surface area contributed by atoms with E-state index in [0.29, 0.717) is 0 Å². The van der Waals surface area contributed by atoms with Crippen LogP contribution in [-0.2, 0) is 4.74 Å². The van der Waals surface area contributed by atoms with Gasteiger partial charge in [0.2, 0.25) is 0 Å². The third kappa shape index (κ3) is 7.10. The highest BCUT2D eigenvalue weighted by molar-refractivity contribution is 14.1. The average Bonchev–Trinajstić information content (AvgIpc) is 1.96. The minimum absolute atomic E-state index is 0.218. The van der Waals surface area contributed by atoms with Crippen molar-refractivity contribution < 1.29 is 9.53 Å². The van der Waals surface area contributed by atoms with Crippen LogP contribution in [0.15, 0.2) is 0 Å². The molecule has 1 N–H and O–H groups in total. The lowest BCUT2D eigenvalue weighted by Crippen LogP contribution is -2.39. The number of alkyl halides is 1. The highest BCUT2D eigenvalue weighted by atomic mass is 127. The first-order valence-electron chi connectivity index (χ1n) is 4.44. The van der Waals surface area contributed by atoms with Crippen LogP contribution in [0.1, 0.15) is 34.1 Å². The molecule has 0 aromatic heterocycles. The SMILES string of the molecule is CCC(CI)NC(=O)OC(C)(C)C. The third-order valence-corrected chi connectivity index (χ3v) is 2.46. The Morgan fingerprint density at radius 3 is 2.38 bits per heavy atom. The lowest BCUT2D eigenvalue weighted by atomic mass is 10.2. The number of carbonyl (C=O) groups is 1. The van der Waals surface area contributed by atoms with E-state index < -0.39 is 5.60 Å². The Morgan fingerprint density at radius 2 is 2.08 bits per heavy atom. The molecule has 0 rings (SSSR count). The van der Waals surface area contributed by atoms with Crippen LogP contribution in [-0.4, -0.2) is 22.2 Å². The largest absolute Gasteiger partial charge is 0.444 e. The molecule has 1 atom stereocenters. The molecule has 0 radical (unpaired) electrons. The minimum atomic E-state index is -0.409. The van der Waals surface area contributed by atoms with Crippen molar-refractivity contribution >= 4 is 28.7 Å². The van der Waals surface area contributed by atoms with Crippen LogP contribution in [0.3, 0.4) is 0 Å². The third-order valence-electron chi connectivity index (χ3n) is 1.40. The minimum Gasteiger partial charge on any atom is -0.444 e. The monoisotopic (exact) mass is 299 g/mol. The summed E-state index contributed by atoms with van der Waals surface area (Å²) >= 11 is 2.25. The molecular weight excluding hydrogens is 281 g/mol. The predicted octanol–water partition coefficient (Wildman–Crippen LogP) is 2.72. The second-order valence-corrected chi connectivity index (χ2v) is 4.79. The van der Waals surface area contributed by atoms with Gasteiger partial charge in [-0.2, -0.15) is 0 Å². The molecule has 0 aliphatic carbocycles. The molecule has 0 bridgehead atoms. The fourth-order valence-corrected chi connectivity index (χ4v) is 1.57. The lowest BCUT2D eigenvalue weighted by Gasteiger charge is -2.22. The van der Waals surface area contributed by atoms with Gasteiger partial charge in [0.05, 0.1) is 0 Å². The van der Waals surface area contributed by atoms with E-state index in [2.05, 4.69) is 27.9 Å². The number of ether oxygens (including phenoxy) is 1. The Hall–Kier alpha value is 0. The van der Waals surface area contributed by atoms with Crippen LogP contribution in [0.5, 0.6) is 0 Å².